The van der Waals surface area contributed by atoms with E-state index in [4.69, 9.17) is 0 Å². The number of hydrogen-bond acceptors (Lipinski definition) is 6. The number of rotatable bonds is 7. The Morgan fingerprint density at radius 1 is 1.36 bits per heavy atom. The van der Waals surface area contributed by atoms with Crippen LogP contribution in [0.5, 0.6) is 0 Å². The van der Waals surface area contributed by atoms with Gasteiger partial charge in [-0.25, -0.2) is 0 Å². The third-order valence-electron chi connectivity index (χ3n) is 4.56. The average molecular weight is 346 g/mol. The number of aromatic nitrogens is 5. The highest BCUT2D eigenvalue weighted by Crippen LogP contribution is 2.15. The van der Waals surface area contributed by atoms with Gasteiger partial charge in [-0.05, 0) is 12.5 Å². The summed E-state index contributed by atoms with van der Waals surface area (Å²) in [5.41, 5.74) is 1.32. The molecule has 2 aromatic heterocycles. The van der Waals surface area contributed by atoms with Gasteiger partial charge in [-0.2, -0.15) is 5.10 Å². The number of nitrogens with one attached hydrogen (secondary N) is 2. The monoisotopic (exact) mass is 346 g/mol. The lowest BCUT2D eigenvalue weighted by Crippen LogP contribution is -2.44. The van der Waals surface area contributed by atoms with E-state index < -0.39 is 0 Å². The lowest BCUT2D eigenvalue weighted by atomic mass is 10.1. The van der Waals surface area contributed by atoms with Crippen molar-refractivity contribution in [2.45, 2.75) is 25.9 Å². The highest BCUT2D eigenvalue weighted by Gasteiger charge is 2.19. The normalized spacial score (nSPS) is 16.7. The lowest BCUT2D eigenvalue weighted by molar-refractivity contribution is 0.0929. The molecule has 2 aromatic rings. The minimum atomic E-state index is -0.207. The highest BCUT2D eigenvalue weighted by atomic mass is 16.2. The van der Waals surface area contributed by atoms with Crippen molar-refractivity contribution < 1.29 is 4.79 Å². The Balaban J connectivity index is 1.55. The van der Waals surface area contributed by atoms with Gasteiger partial charge < -0.3 is 10.6 Å². The van der Waals surface area contributed by atoms with Gasteiger partial charge in [0.1, 0.15) is 0 Å². The topological polar surface area (TPSA) is 92.9 Å². The molecule has 1 aliphatic heterocycles. The summed E-state index contributed by atoms with van der Waals surface area (Å²) in [6.07, 6.45) is 4.23. The van der Waals surface area contributed by atoms with Crippen molar-refractivity contribution >= 4 is 5.91 Å². The quantitative estimate of drug-likeness (QED) is 0.721. The highest BCUT2D eigenvalue weighted by molar-refractivity contribution is 5.92. The summed E-state index contributed by atoms with van der Waals surface area (Å²) >= 11 is 0. The summed E-state index contributed by atoms with van der Waals surface area (Å²) < 4.78 is 3.51. The second kappa shape index (κ2) is 8.21. The van der Waals surface area contributed by atoms with Crippen molar-refractivity contribution in [2.75, 3.05) is 32.7 Å². The Morgan fingerprint density at radius 3 is 2.84 bits per heavy atom. The number of carbonyl (C=O) groups is 1. The van der Waals surface area contributed by atoms with Gasteiger partial charge in [-0.3, -0.25) is 19.1 Å². The third kappa shape index (κ3) is 4.43. The molecule has 1 fully saturated rings. The van der Waals surface area contributed by atoms with E-state index in [-0.39, 0.29) is 11.9 Å². The van der Waals surface area contributed by atoms with Gasteiger partial charge in [0, 0.05) is 46.0 Å². The van der Waals surface area contributed by atoms with Crippen LogP contribution in [0.15, 0.2) is 18.5 Å². The van der Waals surface area contributed by atoms with E-state index in [9.17, 15) is 4.79 Å². The lowest BCUT2D eigenvalue weighted by Gasteiger charge is -2.26. The molecule has 9 nitrogen and oxygen atoms in total. The van der Waals surface area contributed by atoms with Crippen molar-refractivity contribution in [3.05, 3.63) is 29.8 Å². The molecule has 2 N–H and O–H groups in total. The van der Waals surface area contributed by atoms with Crippen LogP contribution in [0.1, 0.15) is 35.6 Å². The van der Waals surface area contributed by atoms with Crippen LogP contribution in [0.4, 0.5) is 0 Å². The fourth-order valence-electron chi connectivity index (χ4n) is 3.03. The van der Waals surface area contributed by atoms with Crippen molar-refractivity contribution in [1.29, 1.82) is 0 Å². The second-order valence-corrected chi connectivity index (χ2v) is 6.27. The number of piperazine rings is 1. The van der Waals surface area contributed by atoms with Gasteiger partial charge in [-0.15, -0.1) is 5.10 Å². The number of amides is 1. The van der Waals surface area contributed by atoms with Gasteiger partial charge in [0.05, 0.1) is 24.5 Å². The van der Waals surface area contributed by atoms with Crippen molar-refractivity contribution in [1.82, 2.24) is 40.3 Å². The van der Waals surface area contributed by atoms with E-state index in [1.165, 1.54) is 0 Å². The molecule has 0 bridgehead atoms. The standard InChI is InChI=1S/C16H26N8O/c1-3-13(15-4-5-18-22(15)2)19-16(25)14-12-24(21-20-14)11-10-23-8-6-17-7-9-23/h4-5,12-13,17H,3,6-11H2,1-2H3,(H,19,25)/t13-/m1/s1. The zero-order valence-corrected chi connectivity index (χ0v) is 14.9. The average Bonchev–Trinajstić information content (AvgIpc) is 3.28. The van der Waals surface area contributed by atoms with Gasteiger partial charge in [0.2, 0.25) is 0 Å². The van der Waals surface area contributed by atoms with Crippen LogP contribution in [0.25, 0.3) is 0 Å². The molecule has 0 spiro atoms. The molecule has 0 saturated carbocycles. The van der Waals surface area contributed by atoms with Crippen LogP contribution in [0, 0.1) is 0 Å². The smallest absolute Gasteiger partial charge is 0.273 e. The third-order valence-corrected chi connectivity index (χ3v) is 4.56. The molecule has 0 aliphatic carbocycles. The Morgan fingerprint density at radius 2 is 2.16 bits per heavy atom. The van der Waals surface area contributed by atoms with Crippen molar-refractivity contribution in [2.24, 2.45) is 7.05 Å². The van der Waals surface area contributed by atoms with E-state index in [1.807, 2.05) is 20.0 Å². The fourth-order valence-corrected chi connectivity index (χ4v) is 3.03. The maximum atomic E-state index is 12.5. The number of aryl methyl sites for hydroxylation is 1. The predicted molar refractivity (Wildman–Crippen MR) is 93.0 cm³/mol. The Bertz CT molecular complexity index is 688. The molecule has 3 heterocycles. The van der Waals surface area contributed by atoms with Crippen LogP contribution in [0.3, 0.4) is 0 Å². The molecule has 136 valence electrons. The SMILES string of the molecule is CC[C@@H](NC(=O)c1cn(CCN2CCNCC2)nn1)c1ccnn1C. The molecular formula is C16H26N8O. The molecule has 1 atom stereocenters. The minimum absolute atomic E-state index is 0.0917. The molecular weight excluding hydrogens is 320 g/mol. The van der Waals surface area contributed by atoms with E-state index in [1.54, 1.807) is 21.8 Å². The van der Waals surface area contributed by atoms with Crippen LogP contribution in [0.2, 0.25) is 0 Å². The van der Waals surface area contributed by atoms with Crippen LogP contribution >= 0.6 is 0 Å². The van der Waals surface area contributed by atoms with E-state index in [2.05, 4.69) is 30.9 Å². The van der Waals surface area contributed by atoms with Gasteiger partial charge in [0.25, 0.3) is 5.91 Å². The molecule has 1 amide bonds. The Kier molecular flexibility index (Phi) is 5.77. The molecule has 3 rings (SSSR count). The molecule has 0 unspecified atom stereocenters. The van der Waals surface area contributed by atoms with Crippen molar-refractivity contribution in [3.8, 4) is 0 Å². The summed E-state index contributed by atoms with van der Waals surface area (Å²) in [4.78, 5) is 14.8. The van der Waals surface area contributed by atoms with Gasteiger partial charge >= 0.3 is 0 Å². The largest absolute Gasteiger partial charge is 0.342 e. The zero-order valence-electron chi connectivity index (χ0n) is 14.9. The molecule has 1 saturated heterocycles. The summed E-state index contributed by atoms with van der Waals surface area (Å²) in [5, 5.41) is 18.6. The number of hydrogen-bond donors (Lipinski definition) is 2. The molecule has 0 radical (unpaired) electrons. The first-order valence-corrected chi connectivity index (χ1v) is 8.79. The van der Waals surface area contributed by atoms with E-state index in [0.29, 0.717) is 5.69 Å². The van der Waals surface area contributed by atoms with Crippen molar-refractivity contribution in [3.63, 3.8) is 0 Å². The second-order valence-electron chi connectivity index (χ2n) is 6.27. The van der Waals surface area contributed by atoms with Crippen LogP contribution in [-0.2, 0) is 13.6 Å². The number of nitrogens with zero attached hydrogens (tertiary/aromatic N) is 6. The Hall–Kier alpha value is -2.26. The molecule has 9 heteroatoms. The predicted octanol–water partition coefficient (Wildman–Crippen LogP) is -0.202. The summed E-state index contributed by atoms with van der Waals surface area (Å²) in [7, 11) is 1.87. The summed E-state index contributed by atoms with van der Waals surface area (Å²) in [5.74, 6) is -0.207. The summed E-state index contributed by atoms with van der Waals surface area (Å²) in [6, 6.07) is 1.82. The molecule has 1 aliphatic rings. The first kappa shape index (κ1) is 17.6. The first-order chi connectivity index (χ1) is 12.2. The van der Waals surface area contributed by atoms with Gasteiger partial charge in [-0.1, -0.05) is 12.1 Å². The molecule has 25 heavy (non-hydrogen) atoms. The maximum Gasteiger partial charge on any atom is 0.273 e. The molecule has 0 aromatic carbocycles. The zero-order chi connectivity index (χ0) is 17.6. The van der Waals surface area contributed by atoms with Crippen LogP contribution < -0.4 is 10.6 Å². The van der Waals surface area contributed by atoms with Gasteiger partial charge in [0.15, 0.2) is 5.69 Å². The minimum Gasteiger partial charge on any atom is -0.342 e. The van der Waals surface area contributed by atoms with Crippen LogP contribution in [-0.4, -0.2) is 68.3 Å². The fraction of sp³-hybridized carbons (Fsp3) is 0.625. The number of carbonyl (C=O) groups excluding carboxylic acids is 1. The first-order valence-electron chi connectivity index (χ1n) is 8.79. The van der Waals surface area contributed by atoms with E-state index in [0.717, 1.165) is 51.4 Å². The maximum absolute atomic E-state index is 12.5. The summed E-state index contributed by atoms with van der Waals surface area (Å²) in [6.45, 7) is 7.82. The Labute approximate surface area is 147 Å². The van der Waals surface area contributed by atoms with E-state index >= 15 is 0 Å².